The molecule has 5 nitrogen and oxygen atoms in total. The first-order valence-electron chi connectivity index (χ1n) is 4.65. The fraction of sp³-hybridized carbons (Fsp3) is 0.182. The molecule has 1 N–H and O–H groups in total. The molecular formula is C11H11NO4. The molecule has 0 spiro atoms. The molecule has 5 heteroatoms. The van der Waals surface area contributed by atoms with Crippen molar-refractivity contribution in [3.63, 3.8) is 0 Å². The van der Waals surface area contributed by atoms with Gasteiger partial charge in [0, 0.05) is 11.6 Å². The molecule has 16 heavy (non-hydrogen) atoms. The summed E-state index contributed by atoms with van der Waals surface area (Å²) in [6.07, 6.45) is 1.61. The lowest BCUT2D eigenvalue weighted by Crippen LogP contribution is -2.12. The van der Waals surface area contributed by atoms with Crippen LogP contribution in [0.15, 0.2) is 36.9 Å². The summed E-state index contributed by atoms with van der Waals surface area (Å²) in [7, 11) is 0. The number of benzene rings is 1. The van der Waals surface area contributed by atoms with E-state index in [1.54, 1.807) is 6.07 Å². The normalized spacial score (nSPS) is 11.8. The molecule has 1 unspecified atom stereocenters. The van der Waals surface area contributed by atoms with Crippen LogP contribution >= 0.6 is 0 Å². The van der Waals surface area contributed by atoms with Crippen LogP contribution < -0.4 is 0 Å². The number of allylic oxidation sites excluding steroid dienone is 1. The third-order valence-corrected chi connectivity index (χ3v) is 2.21. The second kappa shape index (κ2) is 5.06. The summed E-state index contributed by atoms with van der Waals surface area (Å²) < 4.78 is 0. The van der Waals surface area contributed by atoms with E-state index in [0.29, 0.717) is 0 Å². The van der Waals surface area contributed by atoms with E-state index in [9.17, 15) is 14.9 Å². The van der Waals surface area contributed by atoms with Crippen molar-refractivity contribution in [3.05, 3.63) is 52.6 Å². The van der Waals surface area contributed by atoms with Gasteiger partial charge in [0.15, 0.2) is 0 Å². The predicted molar refractivity (Wildman–Crippen MR) is 58.3 cm³/mol. The zero-order valence-electron chi connectivity index (χ0n) is 8.50. The molecule has 1 aromatic rings. The molecule has 0 aliphatic carbocycles. The Morgan fingerprint density at radius 1 is 1.56 bits per heavy atom. The molecule has 84 valence electrons. The molecule has 0 aliphatic heterocycles. The van der Waals surface area contributed by atoms with Gasteiger partial charge in [-0.3, -0.25) is 14.9 Å². The molecule has 1 rings (SSSR count). The minimum atomic E-state index is -1.09. The predicted octanol–water partition coefficient (Wildman–Crippen LogP) is 2.34. The van der Waals surface area contributed by atoms with Gasteiger partial charge in [0.2, 0.25) is 0 Å². The van der Waals surface area contributed by atoms with Crippen LogP contribution in [0.2, 0.25) is 0 Å². The molecule has 0 amide bonds. The smallest absolute Gasteiger partial charge is 0.311 e. The molecule has 0 aromatic heterocycles. The summed E-state index contributed by atoms with van der Waals surface area (Å²) in [5.74, 6) is -2.01. The average Bonchev–Trinajstić information content (AvgIpc) is 2.25. The number of hydrogen-bond donors (Lipinski definition) is 1. The van der Waals surface area contributed by atoms with Gasteiger partial charge in [0.05, 0.1) is 10.8 Å². The third kappa shape index (κ3) is 2.44. The van der Waals surface area contributed by atoms with E-state index in [1.165, 1.54) is 24.3 Å². The third-order valence-electron chi connectivity index (χ3n) is 2.21. The van der Waals surface area contributed by atoms with Crippen molar-refractivity contribution < 1.29 is 14.8 Å². The van der Waals surface area contributed by atoms with Gasteiger partial charge in [-0.1, -0.05) is 24.3 Å². The SMILES string of the molecule is C=CCC(C(=O)O)c1ccccc1[N+](=O)[O-]. The number of nitrogens with zero attached hydrogens (tertiary/aromatic N) is 1. The number of carboxylic acid groups (broad SMARTS) is 1. The van der Waals surface area contributed by atoms with Crippen LogP contribution in [0.5, 0.6) is 0 Å². The summed E-state index contributed by atoms with van der Waals surface area (Å²) in [6, 6.07) is 5.85. The molecule has 0 bridgehead atoms. The Morgan fingerprint density at radius 3 is 2.69 bits per heavy atom. The summed E-state index contributed by atoms with van der Waals surface area (Å²) in [6.45, 7) is 3.45. The fourth-order valence-electron chi connectivity index (χ4n) is 1.48. The minimum Gasteiger partial charge on any atom is -0.481 e. The Balaban J connectivity index is 3.22. The average molecular weight is 221 g/mol. The molecule has 1 aromatic carbocycles. The van der Waals surface area contributed by atoms with Crippen molar-refractivity contribution in [1.29, 1.82) is 0 Å². The van der Waals surface area contributed by atoms with Crippen LogP contribution in [0.3, 0.4) is 0 Å². The summed E-state index contributed by atoms with van der Waals surface area (Å²) in [5.41, 5.74) is 0.0386. The highest BCUT2D eigenvalue weighted by Crippen LogP contribution is 2.29. The standard InChI is InChI=1S/C11H11NO4/c1-2-5-9(11(13)14)8-6-3-4-7-10(8)12(15)16/h2-4,6-7,9H,1,5H2,(H,13,14). The maximum Gasteiger partial charge on any atom is 0.311 e. The quantitative estimate of drug-likeness (QED) is 0.470. The van der Waals surface area contributed by atoms with Crippen molar-refractivity contribution in [2.75, 3.05) is 0 Å². The number of carbonyl (C=O) groups is 1. The van der Waals surface area contributed by atoms with Gasteiger partial charge in [-0.15, -0.1) is 6.58 Å². The number of rotatable bonds is 5. The highest BCUT2D eigenvalue weighted by molar-refractivity contribution is 5.78. The maximum absolute atomic E-state index is 11.0. The Kier molecular flexibility index (Phi) is 3.77. The minimum absolute atomic E-state index is 0.167. The number of hydrogen-bond acceptors (Lipinski definition) is 3. The van der Waals surface area contributed by atoms with E-state index < -0.39 is 16.8 Å². The Labute approximate surface area is 92.2 Å². The van der Waals surface area contributed by atoms with Crippen molar-refractivity contribution >= 4 is 11.7 Å². The van der Waals surface area contributed by atoms with E-state index in [4.69, 9.17) is 5.11 Å². The van der Waals surface area contributed by atoms with Crippen LogP contribution in [0, 0.1) is 10.1 Å². The number of para-hydroxylation sites is 1. The van der Waals surface area contributed by atoms with E-state index >= 15 is 0 Å². The largest absolute Gasteiger partial charge is 0.481 e. The molecule has 1 atom stereocenters. The molecule has 0 saturated heterocycles. The van der Waals surface area contributed by atoms with E-state index in [-0.39, 0.29) is 17.7 Å². The second-order valence-corrected chi connectivity index (χ2v) is 3.23. The first-order chi connectivity index (χ1) is 7.57. The Hall–Kier alpha value is -2.17. The molecule has 0 heterocycles. The van der Waals surface area contributed by atoms with E-state index in [2.05, 4.69) is 6.58 Å². The van der Waals surface area contributed by atoms with Gasteiger partial charge >= 0.3 is 5.97 Å². The van der Waals surface area contributed by atoms with Gasteiger partial charge < -0.3 is 5.11 Å². The number of nitro groups is 1. The van der Waals surface area contributed by atoms with E-state index in [1.807, 2.05) is 0 Å². The van der Waals surface area contributed by atoms with Crippen molar-refractivity contribution in [2.45, 2.75) is 12.3 Å². The lowest BCUT2D eigenvalue weighted by Gasteiger charge is -2.10. The maximum atomic E-state index is 11.0. The Morgan fingerprint density at radius 2 is 2.19 bits per heavy atom. The van der Waals surface area contributed by atoms with Gasteiger partial charge in [0.25, 0.3) is 5.69 Å². The lowest BCUT2D eigenvalue weighted by molar-refractivity contribution is -0.385. The van der Waals surface area contributed by atoms with Crippen molar-refractivity contribution in [3.8, 4) is 0 Å². The topological polar surface area (TPSA) is 80.4 Å². The highest BCUT2D eigenvalue weighted by atomic mass is 16.6. The second-order valence-electron chi connectivity index (χ2n) is 3.23. The number of carboxylic acids is 1. The number of aliphatic carboxylic acids is 1. The summed E-state index contributed by atoms with van der Waals surface area (Å²) >= 11 is 0. The first kappa shape index (κ1) is 11.9. The van der Waals surface area contributed by atoms with Crippen LogP contribution in [0.1, 0.15) is 17.9 Å². The van der Waals surface area contributed by atoms with Crippen molar-refractivity contribution in [2.24, 2.45) is 0 Å². The van der Waals surface area contributed by atoms with Gasteiger partial charge in [-0.2, -0.15) is 0 Å². The van der Waals surface area contributed by atoms with Crippen LogP contribution in [0.25, 0.3) is 0 Å². The molecular weight excluding hydrogens is 210 g/mol. The molecule has 0 aliphatic rings. The van der Waals surface area contributed by atoms with Gasteiger partial charge in [0.1, 0.15) is 0 Å². The van der Waals surface area contributed by atoms with Crippen LogP contribution in [-0.4, -0.2) is 16.0 Å². The lowest BCUT2D eigenvalue weighted by atomic mass is 9.94. The van der Waals surface area contributed by atoms with E-state index in [0.717, 1.165) is 0 Å². The molecule has 0 saturated carbocycles. The summed E-state index contributed by atoms with van der Waals surface area (Å²) in [4.78, 5) is 21.2. The summed E-state index contributed by atoms with van der Waals surface area (Å²) in [5, 5.41) is 19.7. The fourth-order valence-corrected chi connectivity index (χ4v) is 1.48. The van der Waals surface area contributed by atoms with Crippen LogP contribution in [-0.2, 0) is 4.79 Å². The first-order valence-corrected chi connectivity index (χ1v) is 4.65. The van der Waals surface area contributed by atoms with Crippen LogP contribution in [0.4, 0.5) is 5.69 Å². The monoisotopic (exact) mass is 221 g/mol. The Bertz CT molecular complexity index is 428. The zero-order valence-corrected chi connectivity index (χ0v) is 8.50. The molecule has 0 fully saturated rings. The zero-order chi connectivity index (χ0) is 12.1. The molecule has 0 radical (unpaired) electrons. The van der Waals surface area contributed by atoms with Crippen molar-refractivity contribution in [1.82, 2.24) is 0 Å². The van der Waals surface area contributed by atoms with Gasteiger partial charge in [-0.05, 0) is 6.42 Å². The highest BCUT2D eigenvalue weighted by Gasteiger charge is 2.25. The number of nitro benzene ring substituents is 1. The van der Waals surface area contributed by atoms with Gasteiger partial charge in [-0.25, -0.2) is 0 Å².